The van der Waals surface area contributed by atoms with Gasteiger partial charge in [0.25, 0.3) is 0 Å². The van der Waals surface area contributed by atoms with E-state index < -0.39 is 0 Å². The van der Waals surface area contributed by atoms with Crippen molar-refractivity contribution in [3.8, 4) is 0 Å². The smallest absolute Gasteiger partial charge is 0.123 e. The van der Waals surface area contributed by atoms with Gasteiger partial charge in [-0.1, -0.05) is 32.9 Å². The molecule has 0 radical (unpaired) electrons. The molecule has 1 aromatic carbocycles. The standard InChI is InChI=1S/C14H22FN/c1-10(2)11(3)14(16-4)9-12-6-5-7-13(15)8-12/h5-8,10-11,14,16H,9H2,1-4H3. The zero-order valence-corrected chi connectivity index (χ0v) is 10.6. The van der Waals surface area contributed by atoms with Crippen molar-refractivity contribution in [1.82, 2.24) is 5.32 Å². The molecule has 1 aromatic rings. The van der Waals surface area contributed by atoms with Crippen LogP contribution in [0.2, 0.25) is 0 Å². The molecule has 0 bridgehead atoms. The lowest BCUT2D eigenvalue weighted by Crippen LogP contribution is -2.36. The third-order valence-corrected chi connectivity index (χ3v) is 3.40. The molecular formula is C14H22FN. The Hall–Kier alpha value is -0.890. The van der Waals surface area contributed by atoms with Crippen molar-refractivity contribution in [3.63, 3.8) is 0 Å². The average molecular weight is 223 g/mol. The van der Waals surface area contributed by atoms with E-state index in [1.807, 2.05) is 13.1 Å². The Bertz CT molecular complexity index is 322. The van der Waals surface area contributed by atoms with E-state index in [1.165, 1.54) is 6.07 Å². The van der Waals surface area contributed by atoms with Gasteiger partial charge >= 0.3 is 0 Å². The summed E-state index contributed by atoms with van der Waals surface area (Å²) in [6.45, 7) is 6.69. The number of likely N-dealkylation sites (N-methyl/N-ethyl adjacent to an activating group) is 1. The first-order valence-electron chi connectivity index (χ1n) is 5.96. The maximum absolute atomic E-state index is 13.1. The zero-order valence-electron chi connectivity index (χ0n) is 10.6. The van der Waals surface area contributed by atoms with E-state index in [-0.39, 0.29) is 5.82 Å². The van der Waals surface area contributed by atoms with Crippen molar-refractivity contribution in [2.75, 3.05) is 7.05 Å². The maximum Gasteiger partial charge on any atom is 0.123 e. The van der Waals surface area contributed by atoms with Gasteiger partial charge in [-0.15, -0.1) is 0 Å². The third-order valence-electron chi connectivity index (χ3n) is 3.40. The highest BCUT2D eigenvalue weighted by atomic mass is 19.1. The van der Waals surface area contributed by atoms with Gasteiger partial charge in [0.1, 0.15) is 5.82 Å². The molecular weight excluding hydrogens is 201 g/mol. The number of hydrogen-bond acceptors (Lipinski definition) is 1. The molecule has 0 aromatic heterocycles. The molecule has 0 amide bonds. The van der Waals surface area contributed by atoms with Crippen LogP contribution in [0.3, 0.4) is 0 Å². The van der Waals surface area contributed by atoms with Crippen LogP contribution >= 0.6 is 0 Å². The Morgan fingerprint density at radius 2 is 1.94 bits per heavy atom. The predicted octanol–water partition coefficient (Wildman–Crippen LogP) is 3.25. The summed E-state index contributed by atoms with van der Waals surface area (Å²) < 4.78 is 13.1. The Labute approximate surface area is 98.1 Å². The molecule has 0 aliphatic heterocycles. The van der Waals surface area contributed by atoms with E-state index in [0.29, 0.717) is 17.9 Å². The molecule has 1 rings (SSSR count). The molecule has 2 unspecified atom stereocenters. The van der Waals surface area contributed by atoms with Gasteiger partial charge in [0.05, 0.1) is 0 Å². The molecule has 0 saturated heterocycles. The largest absolute Gasteiger partial charge is 0.316 e. The van der Waals surface area contributed by atoms with Gasteiger partial charge in [0.15, 0.2) is 0 Å². The lowest BCUT2D eigenvalue weighted by molar-refractivity contribution is 0.309. The maximum atomic E-state index is 13.1. The SMILES string of the molecule is CNC(Cc1cccc(F)c1)C(C)C(C)C. The van der Waals surface area contributed by atoms with E-state index in [0.717, 1.165) is 12.0 Å². The fraction of sp³-hybridized carbons (Fsp3) is 0.571. The quantitative estimate of drug-likeness (QED) is 0.808. The summed E-state index contributed by atoms with van der Waals surface area (Å²) in [6, 6.07) is 7.28. The second kappa shape index (κ2) is 6.00. The number of rotatable bonds is 5. The number of nitrogens with one attached hydrogen (secondary N) is 1. The minimum atomic E-state index is -0.149. The number of benzene rings is 1. The van der Waals surface area contributed by atoms with E-state index in [2.05, 4.69) is 26.1 Å². The van der Waals surface area contributed by atoms with Crippen molar-refractivity contribution in [2.45, 2.75) is 33.2 Å². The fourth-order valence-electron chi connectivity index (χ4n) is 1.93. The van der Waals surface area contributed by atoms with Crippen LogP contribution in [0.5, 0.6) is 0 Å². The summed E-state index contributed by atoms with van der Waals surface area (Å²) >= 11 is 0. The Balaban J connectivity index is 2.70. The first kappa shape index (κ1) is 13.2. The van der Waals surface area contributed by atoms with E-state index in [1.54, 1.807) is 12.1 Å². The first-order valence-corrected chi connectivity index (χ1v) is 5.96. The predicted molar refractivity (Wildman–Crippen MR) is 67.0 cm³/mol. The van der Waals surface area contributed by atoms with Crippen molar-refractivity contribution < 1.29 is 4.39 Å². The van der Waals surface area contributed by atoms with E-state index in [9.17, 15) is 4.39 Å². The summed E-state index contributed by atoms with van der Waals surface area (Å²) in [7, 11) is 1.98. The molecule has 0 saturated carbocycles. The summed E-state index contributed by atoms with van der Waals surface area (Å²) in [5, 5.41) is 3.33. The van der Waals surface area contributed by atoms with Crippen molar-refractivity contribution in [3.05, 3.63) is 35.6 Å². The normalized spacial score (nSPS) is 15.1. The van der Waals surface area contributed by atoms with Crippen molar-refractivity contribution in [1.29, 1.82) is 0 Å². The van der Waals surface area contributed by atoms with E-state index >= 15 is 0 Å². The molecule has 2 atom stereocenters. The van der Waals surface area contributed by atoms with Crippen LogP contribution in [0.25, 0.3) is 0 Å². The highest BCUT2D eigenvalue weighted by molar-refractivity contribution is 5.17. The molecule has 1 nitrogen and oxygen atoms in total. The molecule has 16 heavy (non-hydrogen) atoms. The molecule has 90 valence electrons. The van der Waals surface area contributed by atoms with Gasteiger partial charge in [-0.05, 0) is 43.0 Å². The van der Waals surface area contributed by atoms with Gasteiger partial charge in [0, 0.05) is 6.04 Å². The van der Waals surface area contributed by atoms with Gasteiger partial charge in [-0.25, -0.2) is 4.39 Å². The highest BCUT2D eigenvalue weighted by Crippen LogP contribution is 2.18. The molecule has 2 heteroatoms. The lowest BCUT2D eigenvalue weighted by Gasteiger charge is -2.26. The van der Waals surface area contributed by atoms with Crippen LogP contribution < -0.4 is 5.32 Å². The minimum absolute atomic E-state index is 0.149. The molecule has 0 aliphatic carbocycles. The zero-order chi connectivity index (χ0) is 12.1. The van der Waals surface area contributed by atoms with E-state index in [4.69, 9.17) is 0 Å². The molecule has 1 N–H and O–H groups in total. The van der Waals surface area contributed by atoms with Crippen molar-refractivity contribution >= 4 is 0 Å². The average Bonchev–Trinajstić information content (AvgIpc) is 2.25. The van der Waals surface area contributed by atoms with Gasteiger partial charge in [-0.2, -0.15) is 0 Å². The van der Waals surface area contributed by atoms with Crippen molar-refractivity contribution in [2.24, 2.45) is 11.8 Å². The Morgan fingerprint density at radius 1 is 1.25 bits per heavy atom. The second-order valence-corrected chi connectivity index (χ2v) is 4.83. The summed E-state index contributed by atoms with van der Waals surface area (Å²) in [5.41, 5.74) is 1.06. The van der Waals surface area contributed by atoms with Crippen LogP contribution in [0, 0.1) is 17.7 Å². The fourth-order valence-corrected chi connectivity index (χ4v) is 1.93. The van der Waals surface area contributed by atoms with Gasteiger partial charge in [-0.3, -0.25) is 0 Å². The summed E-state index contributed by atoms with van der Waals surface area (Å²) in [6.07, 6.45) is 0.883. The van der Waals surface area contributed by atoms with Crippen LogP contribution in [-0.2, 0) is 6.42 Å². The number of hydrogen-bond donors (Lipinski definition) is 1. The first-order chi connectivity index (χ1) is 7.54. The lowest BCUT2D eigenvalue weighted by atomic mass is 9.87. The summed E-state index contributed by atoms with van der Waals surface area (Å²) in [5.74, 6) is 1.06. The van der Waals surface area contributed by atoms with Crippen LogP contribution in [-0.4, -0.2) is 13.1 Å². The third kappa shape index (κ3) is 3.60. The molecule has 0 heterocycles. The monoisotopic (exact) mass is 223 g/mol. The molecule has 0 fully saturated rings. The molecule has 0 spiro atoms. The highest BCUT2D eigenvalue weighted by Gasteiger charge is 2.18. The topological polar surface area (TPSA) is 12.0 Å². The van der Waals surface area contributed by atoms with Gasteiger partial charge < -0.3 is 5.32 Å². The Morgan fingerprint density at radius 3 is 2.44 bits per heavy atom. The van der Waals surface area contributed by atoms with Crippen LogP contribution in [0.1, 0.15) is 26.3 Å². The number of halogens is 1. The second-order valence-electron chi connectivity index (χ2n) is 4.83. The Kier molecular flexibility index (Phi) is 4.94. The molecule has 0 aliphatic rings. The summed E-state index contributed by atoms with van der Waals surface area (Å²) in [4.78, 5) is 0. The minimum Gasteiger partial charge on any atom is -0.316 e. The van der Waals surface area contributed by atoms with Crippen LogP contribution in [0.4, 0.5) is 4.39 Å². The van der Waals surface area contributed by atoms with Gasteiger partial charge in [0.2, 0.25) is 0 Å². The van der Waals surface area contributed by atoms with Crippen LogP contribution in [0.15, 0.2) is 24.3 Å².